The van der Waals surface area contributed by atoms with E-state index in [1.807, 2.05) is 31.8 Å². The molecule has 0 aliphatic heterocycles. The zero-order valence-corrected chi connectivity index (χ0v) is 15.2. The van der Waals surface area contributed by atoms with E-state index in [1.165, 1.54) is 4.88 Å². The summed E-state index contributed by atoms with van der Waals surface area (Å²) in [6, 6.07) is 5.87. The molecule has 0 saturated heterocycles. The highest BCUT2D eigenvalue weighted by Gasteiger charge is 2.08. The molecule has 0 radical (unpaired) electrons. The van der Waals surface area contributed by atoms with Gasteiger partial charge in [0.2, 0.25) is 0 Å². The SMILES string of the molecule is Cc1nn(C)c2ncc(NC(=O)NCCSCc3cccs3)cc12. The highest BCUT2D eigenvalue weighted by atomic mass is 32.2. The van der Waals surface area contributed by atoms with Crippen LogP contribution in [0.1, 0.15) is 10.6 Å². The van der Waals surface area contributed by atoms with Crippen molar-refractivity contribution in [1.29, 1.82) is 0 Å². The van der Waals surface area contributed by atoms with Crippen molar-refractivity contribution < 1.29 is 4.79 Å². The summed E-state index contributed by atoms with van der Waals surface area (Å²) in [7, 11) is 1.86. The lowest BCUT2D eigenvalue weighted by molar-refractivity contribution is 0.252. The van der Waals surface area contributed by atoms with Gasteiger partial charge in [0.1, 0.15) is 0 Å². The third-order valence-electron chi connectivity index (χ3n) is 3.48. The Balaban J connectivity index is 1.45. The Kier molecular flexibility index (Phi) is 5.37. The Morgan fingerprint density at radius 2 is 2.33 bits per heavy atom. The first-order valence-electron chi connectivity index (χ1n) is 7.58. The van der Waals surface area contributed by atoms with Gasteiger partial charge in [-0.3, -0.25) is 4.68 Å². The van der Waals surface area contributed by atoms with E-state index < -0.39 is 0 Å². The van der Waals surface area contributed by atoms with E-state index in [2.05, 4.69) is 38.2 Å². The minimum atomic E-state index is -0.214. The smallest absolute Gasteiger partial charge is 0.319 e. The van der Waals surface area contributed by atoms with Crippen LogP contribution in [0.2, 0.25) is 0 Å². The highest BCUT2D eigenvalue weighted by Crippen LogP contribution is 2.19. The summed E-state index contributed by atoms with van der Waals surface area (Å²) in [5.41, 5.74) is 2.37. The molecule has 0 atom stereocenters. The fourth-order valence-corrected chi connectivity index (χ4v) is 4.06. The first-order valence-corrected chi connectivity index (χ1v) is 9.61. The predicted molar refractivity (Wildman–Crippen MR) is 101 cm³/mol. The van der Waals surface area contributed by atoms with Crippen molar-refractivity contribution in [2.75, 3.05) is 17.6 Å². The standard InChI is InChI=1S/C16H19N5OS2/c1-11-14-8-12(9-18-15(14)21(2)20-11)19-16(22)17-5-7-23-10-13-4-3-6-24-13/h3-4,6,8-9H,5,7,10H2,1-2H3,(H2,17,19,22). The van der Waals surface area contributed by atoms with Gasteiger partial charge in [0.05, 0.1) is 17.6 Å². The molecule has 0 saturated carbocycles. The third-order valence-corrected chi connectivity index (χ3v) is 5.54. The van der Waals surface area contributed by atoms with Gasteiger partial charge in [-0.25, -0.2) is 9.78 Å². The minimum Gasteiger partial charge on any atom is -0.337 e. The normalized spacial score (nSPS) is 10.9. The van der Waals surface area contributed by atoms with Crippen LogP contribution in [-0.2, 0) is 12.8 Å². The van der Waals surface area contributed by atoms with Crippen LogP contribution in [0.15, 0.2) is 29.8 Å². The number of thiophene rings is 1. The third kappa shape index (κ3) is 4.07. The molecule has 6 nitrogen and oxygen atoms in total. The quantitative estimate of drug-likeness (QED) is 0.660. The van der Waals surface area contributed by atoms with Crippen LogP contribution in [0.25, 0.3) is 11.0 Å². The lowest BCUT2D eigenvalue weighted by Gasteiger charge is -2.07. The van der Waals surface area contributed by atoms with E-state index in [0.717, 1.165) is 28.2 Å². The molecular weight excluding hydrogens is 342 g/mol. The second kappa shape index (κ2) is 7.67. The van der Waals surface area contributed by atoms with E-state index in [4.69, 9.17) is 0 Å². The molecule has 0 fully saturated rings. The Bertz CT molecular complexity index is 828. The monoisotopic (exact) mass is 361 g/mol. The summed E-state index contributed by atoms with van der Waals surface area (Å²) >= 11 is 3.57. The van der Waals surface area contributed by atoms with E-state index in [-0.39, 0.29) is 6.03 Å². The molecule has 0 aliphatic carbocycles. The van der Waals surface area contributed by atoms with E-state index in [0.29, 0.717) is 12.2 Å². The number of rotatable bonds is 6. The molecule has 2 amide bonds. The molecule has 3 aromatic rings. The van der Waals surface area contributed by atoms with Gasteiger partial charge >= 0.3 is 6.03 Å². The lowest BCUT2D eigenvalue weighted by atomic mass is 10.2. The second-order valence-electron chi connectivity index (χ2n) is 5.32. The van der Waals surface area contributed by atoms with E-state index >= 15 is 0 Å². The number of carbonyl (C=O) groups excluding carboxylic acids is 1. The summed E-state index contributed by atoms with van der Waals surface area (Å²) in [5.74, 6) is 1.87. The first-order chi connectivity index (χ1) is 11.6. The molecule has 2 N–H and O–H groups in total. The number of aryl methyl sites for hydroxylation is 2. The zero-order valence-electron chi connectivity index (χ0n) is 13.6. The van der Waals surface area contributed by atoms with Gasteiger partial charge in [-0.1, -0.05) is 6.07 Å². The van der Waals surface area contributed by atoms with E-state index in [9.17, 15) is 4.79 Å². The molecule has 3 aromatic heterocycles. The maximum absolute atomic E-state index is 12.0. The highest BCUT2D eigenvalue weighted by molar-refractivity contribution is 7.98. The Morgan fingerprint density at radius 3 is 3.12 bits per heavy atom. The first kappa shape index (κ1) is 16.8. The van der Waals surface area contributed by atoms with Crippen LogP contribution in [0.3, 0.4) is 0 Å². The number of pyridine rings is 1. The average Bonchev–Trinajstić information content (AvgIpc) is 3.16. The molecule has 0 aromatic carbocycles. The second-order valence-corrected chi connectivity index (χ2v) is 7.45. The fraction of sp³-hybridized carbons (Fsp3) is 0.312. The van der Waals surface area contributed by atoms with Gasteiger partial charge in [0.25, 0.3) is 0 Å². The van der Waals surface area contributed by atoms with Gasteiger partial charge < -0.3 is 10.6 Å². The maximum atomic E-state index is 12.0. The number of nitrogens with one attached hydrogen (secondary N) is 2. The number of anilines is 1. The number of thioether (sulfide) groups is 1. The molecule has 0 spiro atoms. The molecular formula is C16H19N5OS2. The molecule has 3 heterocycles. The number of hydrogen-bond donors (Lipinski definition) is 2. The number of aromatic nitrogens is 3. The fourth-order valence-electron chi connectivity index (χ4n) is 2.36. The van der Waals surface area contributed by atoms with Gasteiger partial charge in [0, 0.05) is 35.4 Å². The summed E-state index contributed by atoms with van der Waals surface area (Å²) in [6.07, 6.45) is 1.65. The van der Waals surface area contributed by atoms with E-state index in [1.54, 1.807) is 22.2 Å². The lowest BCUT2D eigenvalue weighted by Crippen LogP contribution is -2.30. The molecule has 126 valence electrons. The minimum absolute atomic E-state index is 0.214. The predicted octanol–water partition coefficient (Wildman–Crippen LogP) is 3.39. The van der Waals surface area contributed by atoms with Gasteiger partial charge in [-0.15, -0.1) is 11.3 Å². The van der Waals surface area contributed by atoms with Gasteiger partial charge in [0.15, 0.2) is 5.65 Å². The van der Waals surface area contributed by atoms with Crippen LogP contribution in [0, 0.1) is 6.92 Å². The summed E-state index contributed by atoms with van der Waals surface area (Å²) in [5, 5.41) is 13.0. The van der Waals surface area contributed by atoms with Crippen LogP contribution >= 0.6 is 23.1 Å². The van der Waals surface area contributed by atoms with Crippen LogP contribution in [0.4, 0.5) is 10.5 Å². The number of hydrogen-bond acceptors (Lipinski definition) is 5. The van der Waals surface area contributed by atoms with Crippen molar-refractivity contribution in [3.63, 3.8) is 0 Å². The van der Waals surface area contributed by atoms with Crippen molar-refractivity contribution in [2.24, 2.45) is 7.05 Å². The summed E-state index contributed by atoms with van der Waals surface area (Å²) in [4.78, 5) is 17.7. The Hall–Kier alpha value is -2.06. The summed E-state index contributed by atoms with van der Waals surface area (Å²) < 4.78 is 1.74. The molecule has 3 rings (SSSR count). The maximum Gasteiger partial charge on any atom is 0.319 e. The van der Waals surface area contributed by atoms with Gasteiger partial charge in [-0.05, 0) is 24.4 Å². The number of urea groups is 1. The number of fused-ring (bicyclic) bond motifs is 1. The zero-order chi connectivity index (χ0) is 16.9. The molecule has 0 aliphatic rings. The Morgan fingerprint density at radius 1 is 1.46 bits per heavy atom. The topological polar surface area (TPSA) is 71.8 Å². The number of amides is 2. The number of nitrogens with zero attached hydrogens (tertiary/aromatic N) is 3. The molecule has 0 bridgehead atoms. The van der Waals surface area contributed by atoms with Crippen molar-refractivity contribution in [2.45, 2.75) is 12.7 Å². The average molecular weight is 361 g/mol. The van der Waals surface area contributed by atoms with Crippen molar-refractivity contribution in [3.8, 4) is 0 Å². The van der Waals surface area contributed by atoms with Crippen molar-refractivity contribution in [3.05, 3.63) is 40.3 Å². The van der Waals surface area contributed by atoms with Crippen LogP contribution in [0.5, 0.6) is 0 Å². The van der Waals surface area contributed by atoms with Crippen LogP contribution in [-0.4, -0.2) is 33.1 Å². The Labute approximate surface area is 148 Å². The molecule has 0 unspecified atom stereocenters. The largest absolute Gasteiger partial charge is 0.337 e. The molecule has 24 heavy (non-hydrogen) atoms. The van der Waals surface area contributed by atoms with Crippen molar-refractivity contribution >= 4 is 45.9 Å². The molecule has 8 heteroatoms. The summed E-state index contributed by atoms with van der Waals surface area (Å²) in [6.45, 7) is 2.56. The van der Waals surface area contributed by atoms with Gasteiger partial charge in [-0.2, -0.15) is 16.9 Å². The number of carbonyl (C=O) groups is 1. The van der Waals surface area contributed by atoms with Crippen LogP contribution < -0.4 is 10.6 Å². The van der Waals surface area contributed by atoms with Crippen molar-refractivity contribution in [1.82, 2.24) is 20.1 Å².